The largest absolute Gasteiger partial charge is 0.341 e. The lowest BCUT2D eigenvalue weighted by atomic mass is 9.94. The number of nitrogens with zero attached hydrogens (tertiary/aromatic N) is 3. The fraction of sp³-hybridized carbons (Fsp3) is 0.400. The van der Waals surface area contributed by atoms with Crippen molar-refractivity contribution in [3.8, 4) is 11.5 Å². The van der Waals surface area contributed by atoms with Gasteiger partial charge in [0.05, 0.1) is 5.69 Å². The Hall–Kier alpha value is -2.16. The standard InChI is InChI=1S/C20H23N3/c1-13-8-9-16-17(10-13)23(3)19(18(16)15-6-4-5-7-15)20-21-11-14(2)12-22-20/h8-12,15H,4-7H2,1-3H3. The minimum atomic E-state index is 0.640. The number of aryl methyl sites for hydroxylation is 3. The first-order valence-corrected chi connectivity index (χ1v) is 8.53. The molecule has 3 nitrogen and oxygen atoms in total. The fourth-order valence-electron chi connectivity index (χ4n) is 3.99. The molecule has 1 fully saturated rings. The third-order valence-electron chi connectivity index (χ3n) is 5.15. The maximum Gasteiger partial charge on any atom is 0.176 e. The Balaban J connectivity index is 2.02. The Kier molecular flexibility index (Phi) is 3.44. The predicted octanol–water partition coefficient (Wildman–Crippen LogP) is 4.91. The van der Waals surface area contributed by atoms with E-state index >= 15 is 0 Å². The lowest BCUT2D eigenvalue weighted by molar-refractivity contribution is 0.725. The molecule has 118 valence electrons. The van der Waals surface area contributed by atoms with Gasteiger partial charge in [-0.25, -0.2) is 9.97 Å². The van der Waals surface area contributed by atoms with Crippen molar-refractivity contribution in [3.63, 3.8) is 0 Å². The smallest absolute Gasteiger partial charge is 0.176 e. The molecule has 1 aliphatic rings. The second-order valence-corrected chi connectivity index (χ2v) is 6.91. The van der Waals surface area contributed by atoms with E-state index in [0.717, 1.165) is 11.4 Å². The zero-order valence-electron chi connectivity index (χ0n) is 14.1. The normalized spacial score (nSPS) is 15.6. The Bertz CT molecular complexity index is 853. The van der Waals surface area contributed by atoms with Crippen LogP contribution in [0.2, 0.25) is 0 Å². The van der Waals surface area contributed by atoms with E-state index in [1.807, 2.05) is 19.3 Å². The molecule has 0 N–H and O–H groups in total. The molecule has 0 radical (unpaired) electrons. The highest BCUT2D eigenvalue weighted by Gasteiger charge is 2.27. The SMILES string of the molecule is Cc1cnc(-c2c(C3CCCC3)c3ccc(C)cc3n2C)nc1. The topological polar surface area (TPSA) is 30.7 Å². The van der Waals surface area contributed by atoms with Gasteiger partial charge in [-0.1, -0.05) is 25.0 Å². The second-order valence-electron chi connectivity index (χ2n) is 6.91. The van der Waals surface area contributed by atoms with Gasteiger partial charge in [0.2, 0.25) is 0 Å². The highest BCUT2D eigenvalue weighted by Crippen LogP contribution is 2.43. The summed E-state index contributed by atoms with van der Waals surface area (Å²) in [5, 5.41) is 1.38. The summed E-state index contributed by atoms with van der Waals surface area (Å²) in [6.07, 6.45) is 9.08. The molecule has 0 aliphatic heterocycles. The lowest BCUT2D eigenvalue weighted by Gasteiger charge is -2.12. The summed E-state index contributed by atoms with van der Waals surface area (Å²) in [5.74, 6) is 1.50. The van der Waals surface area contributed by atoms with Crippen LogP contribution in [0.15, 0.2) is 30.6 Å². The molecule has 1 aliphatic carbocycles. The van der Waals surface area contributed by atoms with E-state index in [4.69, 9.17) is 0 Å². The van der Waals surface area contributed by atoms with Crippen LogP contribution < -0.4 is 0 Å². The van der Waals surface area contributed by atoms with E-state index in [-0.39, 0.29) is 0 Å². The molecule has 3 aromatic rings. The molecule has 23 heavy (non-hydrogen) atoms. The van der Waals surface area contributed by atoms with E-state index in [0.29, 0.717) is 5.92 Å². The molecule has 1 saturated carbocycles. The van der Waals surface area contributed by atoms with Gasteiger partial charge in [-0.05, 0) is 55.4 Å². The maximum absolute atomic E-state index is 4.63. The summed E-state index contributed by atoms with van der Waals surface area (Å²) in [7, 11) is 2.15. The zero-order chi connectivity index (χ0) is 16.0. The molecule has 2 aromatic heterocycles. The molecule has 0 bridgehead atoms. The van der Waals surface area contributed by atoms with E-state index in [9.17, 15) is 0 Å². The van der Waals surface area contributed by atoms with Crippen LogP contribution in [-0.2, 0) is 7.05 Å². The molecule has 1 aromatic carbocycles. The van der Waals surface area contributed by atoms with Crippen LogP contribution in [-0.4, -0.2) is 14.5 Å². The van der Waals surface area contributed by atoms with Gasteiger partial charge in [0.15, 0.2) is 5.82 Å². The summed E-state index contributed by atoms with van der Waals surface area (Å²) >= 11 is 0. The Morgan fingerprint density at radius 2 is 1.70 bits per heavy atom. The second kappa shape index (κ2) is 5.48. The van der Waals surface area contributed by atoms with Crippen LogP contribution >= 0.6 is 0 Å². The van der Waals surface area contributed by atoms with Crippen molar-refractivity contribution in [2.24, 2.45) is 7.05 Å². The monoisotopic (exact) mass is 305 g/mol. The Morgan fingerprint density at radius 3 is 2.39 bits per heavy atom. The first-order valence-electron chi connectivity index (χ1n) is 8.53. The van der Waals surface area contributed by atoms with Gasteiger partial charge in [0.25, 0.3) is 0 Å². The third kappa shape index (κ3) is 2.35. The van der Waals surface area contributed by atoms with Crippen molar-refractivity contribution in [1.29, 1.82) is 0 Å². The molecular weight excluding hydrogens is 282 g/mol. The molecule has 3 heteroatoms. The van der Waals surface area contributed by atoms with Crippen LogP contribution in [0.5, 0.6) is 0 Å². The first-order chi connectivity index (χ1) is 11.1. The summed E-state index contributed by atoms with van der Waals surface area (Å²) < 4.78 is 2.29. The quantitative estimate of drug-likeness (QED) is 0.673. The van der Waals surface area contributed by atoms with E-state index in [1.165, 1.54) is 53.4 Å². The van der Waals surface area contributed by atoms with E-state index < -0.39 is 0 Å². The van der Waals surface area contributed by atoms with Crippen molar-refractivity contribution in [2.45, 2.75) is 45.4 Å². The number of fused-ring (bicyclic) bond motifs is 1. The molecule has 0 atom stereocenters. The van der Waals surface area contributed by atoms with Crippen LogP contribution in [0.4, 0.5) is 0 Å². The Morgan fingerprint density at radius 1 is 1.00 bits per heavy atom. The molecule has 0 spiro atoms. The van der Waals surface area contributed by atoms with Crippen molar-refractivity contribution in [1.82, 2.24) is 14.5 Å². The van der Waals surface area contributed by atoms with Crippen molar-refractivity contribution < 1.29 is 0 Å². The number of rotatable bonds is 2. The van der Waals surface area contributed by atoms with E-state index in [2.05, 4.69) is 46.7 Å². The van der Waals surface area contributed by atoms with Gasteiger partial charge in [0, 0.05) is 30.3 Å². The van der Waals surface area contributed by atoms with E-state index in [1.54, 1.807) is 0 Å². The highest BCUT2D eigenvalue weighted by atomic mass is 15.0. The van der Waals surface area contributed by atoms with Crippen molar-refractivity contribution in [2.75, 3.05) is 0 Å². The van der Waals surface area contributed by atoms with Gasteiger partial charge >= 0.3 is 0 Å². The number of benzene rings is 1. The molecule has 2 heterocycles. The highest BCUT2D eigenvalue weighted by molar-refractivity contribution is 5.91. The maximum atomic E-state index is 4.63. The fourth-order valence-corrected chi connectivity index (χ4v) is 3.99. The van der Waals surface area contributed by atoms with Gasteiger partial charge < -0.3 is 4.57 Å². The number of hydrogen-bond donors (Lipinski definition) is 0. The molecule has 0 saturated heterocycles. The molecule has 4 rings (SSSR count). The van der Waals surface area contributed by atoms with Crippen LogP contribution in [0.1, 0.15) is 48.3 Å². The Labute approximate surface area is 137 Å². The van der Waals surface area contributed by atoms with Crippen LogP contribution in [0, 0.1) is 13.8 Å². The molecular formula is C20H23N3. The third-order valence-corrected chi connectivity index (χ3v) is 5.15. The molecule has 0 unspecified atom stereocenters. The van der Waals surface area contributed by atoms with Crippen molar-refractivity contribution in [3.05, 3.63) is 47.3 Å². The number of hydrogen-bond acceptors (Lipinski definition) is 2. The van der Waals surface area contributed by atoms with Gasteiger partial charge in [0.1, 0.15) is 0 Å². The lowest BCUT2D eigenvalue weighted by Crippen LogP contribution is -2.01. The molecule has 0 amide bonds. The van der Waals surface area contributed by atoms with Gasteiger partial charge in [-0.2, -0.15) is 0 Å². The van der Waals surface area contributed by atoms with Crippen LogP contribution in [0.25, 0.3) is 22.4 Å². The minimum absolute atomic E-state index is 0.640. The first kappa shape index (κ1) is 14.4. The van der Waals surface area contributed by atoms with Gasteiger partial charge in [-0.3, -0.25) is 0 Å². The summed E-state index contributed by atoms with van der Waals surface area (Å²) in [4.78, 5) is 9.25. The minimum Gasteiger partial charge on any atom is -0.341 e. The zero-order valence-corrected chi connectivity index (χ0v) is 14.1. The summed E-state index contributed by atoms with van der Waals surface area (Å²) in [6, 6.07) is 6.79. The number of aromatic nitrogens is 3. The van der Waals surface area contributed by atoms with Crippen LogP contribution in [0.3, 0.4) is 0 Å². The average Bonchev–Trinajstić information content (AvgIpc) is 3.15. The predicted molar refractivity (Wildman–Crippen MR) is 94.6 cm³/mol. The van der Waals surface area contributed by atoms with Gasteiger partial charge in [-0.15, -0.1) is 0 Å². The summed E-state index contributed by atoms with van der Waals surface area (Å²) in [6.45, 7) is 4.19. The summed E-state index contributed by atoms with van der Waals surface area (Å²) in [5.41, 5.74) is 6.37. The van der Waals surface area contributed by atoms with Crippen molar-refractivity contribution >= 4 is 10.9 Å². The average molecular weight is 305 g/mol.